The van der Waals surface area contributed by atoms with Crippen molar-refractivity contribution in [2.45, 2.75) is 65.2 Å². The minimum atomic E-state index is 0.191. The molecule has 0 aromatic carbocycles. The van der Waals surface area contributed by atoms with Crippen LogP contribution in [-0.2, 0) is 4.79 Å². The molecule has 0 amide bonds. The van der Waals surface area contributed by atoms with Gasteiger partial charge < -0.3 is 0 Å². The summed E-state index contributed by atoms with van der Waals surface area (Å²) in [5.74, 6) is 3.26. The van der Waals surface area contributed by atoms with Gasteiger partial charge in [0.2, 0.25) is 0 Å². The molecule has 0 radical (unpaired) electrons. The van der Waals surface area contributed by atoms with E-state index in [9.17, 15) is 4.79 Å². The lowest BCUT2D eigenvalue weighted by Crippen LogP contribution is -2.55. The average molecular weight is 272 g/mol. The van der Waals surface area contributed by atoms with Gasteiger partial charge in [-0.15, -0.1) is 0 Å². The van der Waals surface area contributed by atoms with E-state index in [2.05, 4.69) is 26.0 Å². The largest absolute Gasteiger partial charge is 0.299 e. The molecule has 3 fully saturated rings. The number of hydrogen-bond acceptors (Lipinski definition) is 1. The Morgan fingerprint density at radius 1 is 1.15 bits per heavy atom. The van der Waals surface area contributed by atoms with Crippen LogP contribution in [0.5, 0.6) is 0 Å². The van der Waals surface area contributed by atoms with Gasteiger partial charge >= 0.3 is 0 Å². The van der Waals surface area contributed by atoms with E-state index in [4.69, 9.17) is 0 Å². The van der Waals surface area contributed by atoms with E-state index in [0.717, 1.165) is 18.3 Å². The van der Waals surface area contributed by atoms with E-state index in [-0.39, 0.29) is 5.41 Å². The molecular weight excluding hydrogens is 244 g/mol. The Hall–Kier alpha value is -0.590. The monoisotopic (exact) mass is 272 g/mol. The molecule has 0 saturated heterocycles. The molecule has 1 nitrogen and oxygen atoms in total. The number of rotatable bonds is 0. The molecular formula is C19H28O. The molecule has 0 aliphatic heterocycles. The first kappa shape index (κ1) is 13.1. The summed E-state index contributed by atoms with van der Waals surface area (Å²) < 4.78 is 0. The van der Waals surface area contributed by atoms with Crippen molar-refractivity contribution in [2.24, 2.45) is 34.5 Å². The summed E-state index contributed by atoms with van der Waals surface area (Å²) in [6.07, 6.45) is 14.9. The lowest BCUT2D eigenvalue weighted by atomic mass is 9.45. The van der Waals surface area contributed by atoms with E-state index in [1.807, 2.05) is 0 Å². The molecule has 4 aliphatic carbocycles. The lowest BCUT2D eigenvalue weighted by molar-refractivity contribution is -0.153. The normalized spacial score (nSPS) is 54.2. The van der Waals surface area contributed by atoms with Gasteiger partial charge in [0.1, 0.15) is 5.78 Å². The molecule has 110 valence electrons. The molecule has 4 aliphatic rings. The Morgan fingerprint density at radius 3 is 2.85 bits per heavy atom. The first-order valence-corrected chi connectivity index (χ1v) is 8.75. The van der Waals surface area contributed by atoms with Gasteiger partial charge in [-0.05, 0) is 60.7 Å². The van der Waals surface area contributed by atoms with Crippen LogP contribution in [0.3, 0.4) is 0 Å². The summed E-state index contributed by atoms with van der Waals surface area (Å²) in [7, 11) is 0. The number of Topliss-reactive ketones (excluding diaryl/α,β-unsaturated/α-hetero) is 1. The summed E-state index contributed by atoms with van der Waals surface area (Å²) >= 11 is 0. The second-order valence-electron chi connectivity index (χ2n) is 8.56. The Kier molecular flexibility index (Phi) is 2.76. The molecule has 0 aromatic heterocycles. The second kappa shape index (κ2) is 4.21. The summed E-state index contributed by atoms with van der Waals surface area (Å²) in [6.45, 7) is 4.81. The van der Waals surface area contributed by atoms with Crippen LogP contribution >= 0.6 is 0 Å². The Balaban J connectivity index is 1.72. The summed E-state index contributed by atoms with van der Waals surface area (Å²) in [5.41, 5.74) is 0.526. The molecule has 3 saturated carbocycles. The number of ketones is 1. The zero-order valence-electron chi connectivity index (χ0n) is 13.0. The Morgan fingerprint density at radius 2 is 2.00 bits per heavy atom. The van der Waals surface area contributed by atoms with E-state index in [0.29, 0.717) is 23.0 Å². The van der Waals surface area contributed by atoms with Crippen LogP contribution in [0.2, 0.25) is 0 Å². The third-order valence-electron chi connectivity index (χ3n) is 7.59. The van der Waals surface area contributed by atoms with E-state index in [1.54, 1.807) is 0 Å². The van der Waals surface area contributed by atoms with Gasteiger partial charge in [0.25, 0.3) is 0 Å². The van der Waals surface area contributed by atoms with Crippen LogP contribution in [0.4, 0.5) is 0 Å². The van der Waals surface area contributed by atoms with Crippen molar-refractivity contribution in [2.75, 3.05) is 0 Å². The lowest BCUT2D eigenvalue weighted by Gasteiger charge is -2.58. The second-order valence-corrected chi connectivity index (χ2v) is 8.56. The molecule has 0 N–H and O–H groups in total. The molecule has 4 rings (SSSR count). The van der Waals surface area contributed by atoms with Crippen molar-refractivity contribution in [3.8, 4) is 0 Å². The van der Waals surface area contributed by atoms with Crippen molar-refractivity contribution in [1.82, 2.24) is 0 Å². The number of allylic oxidation sites excluding steroid dienone is 2. The maximum atomic E-state index is 13.0. The SMILES string of the molecule is C[C@]12CCCC[C@H]1CC[C@@H]1[C@@H]2C(=O)C[C@]2(C)C=CC[C@@H]12. The molecule has 0 spiro atoms. The predicted molar refractivity (Wildman–Crippen MR) is 81.3 cm³/mol. The number of carbonyl (C=O) groups is 1. The highest BCUT2D eigenvalue weighted by Crippen LogP contribution is 2.63. The smallest absolute Gasteiger partial charge is 0.137 e. The van der Waals surface area contributed by atoms with Gasteiger partial charge in [0.15, 0.2) is 0 Å². The topological polar surface area (TPSA) is 17.1 Å². The fourth-order valence-electron chi connectivity index (χ4n) is 6.62. The van der Waals surface area contributed by atoms with Crippen molar-refractivity contribution >= 4 is 5.78 Å². The fraction of sp³-hybridized carbons (Fsp3) is 0.842. The number of fused-ring (bicyclic) bond motifs is 5. The van der Waals surface area contributed by atoms with Crippen molar-refractivity contribution in [3.63, 3.8) is 0 Å². The molecule has 0 heterocycles. The third-order valence-corrected chi connectivity index (χ3v) is 7.59. The first-order chi connectivity index (χ1) is 9.55. The van der Waals surface area contributed by atoms with E-state index in [1.165, 1.54) is 44.9 Å². The highest BCUT2D eigenvalue weighted by molar-refractivity contribution is 5.84. The highest BCUT2D eigenvalue weighted by atomic mass is 16.1. The summed E-state index contributed by atoms with van der Waals surface area (Å²) in [4.78, 5) is 13.0. The Bertz CT molecular complexity index is 464. The zero-order chi connectivity index (χ0) is 14.0. The molecule has 6 atom stereocenters. The standard InChI is InChI=1S/C19H28O/c1-18-10-5-7-15(18)14-9-8-13-6-3-4-11-19(13,2)17(14)16(20)12-18/h5,10,13-15,17H,3-4,6-9,11-12H2,1-2H3/t13-,14-,15-,17+,18-,19-/m0/s1. The van der Waals surface area contributed by atoms with Crippen molar-refractivity contribution < 1.29 is 4.79 Å². The zero-order valence-corrected chi connectivity index (χ0v) is 13.0. The van der Waals surface area contributed by atoms with Crippen LogP contribution in [0, 0.1) is 34.5 Å². The maximum Gasteiger partial charge on any atom is 0.137 e. The number of hydrogen-bond donors (Lipinski definition) is 0. The van der Waals surface area contributed by atoms with Gasteiger partial charge in [0, 0.05) is 12.3 Å². The van der Waals surface area contributed by atoms with Gasteiger partial charge in [-0.3, -0.25) is 4.79 Å². The molecule has 0 bridgehead atoms. The van der Waals surface area contributed by atoms with Crippen LogP contribution in [-0.4, -0.2) is 5.78 Å². The summed E-state index contributed by atoms with van der Waals surface area (Å²) in [6, 6.07) is 0. The van der Waals surface area contributed by atoms with Crippen LogP contribution in [0.25, 0.3) is 0 Å². The van der Waals surface area contributed by atoms with Crippen LogP contribution in [0.15, 0.2) is 12.2 Å². The van der Waals surface area contributed by atoms with Gasteiger partial charge in [-0.2, -0.15) is 0 Å². The van der Waals surface area contributed by atoms with Gasteiger partial charge in [-0.25, -0.2) is 0 Å². The molecule has 0 unspecified atom stereocenters. The Labute approximate surface area is 123 Å². The quantitative estimate of drug-likeness (QED) is 0.581. The van der Waals surface area contributed by atoms with Crippen molar-refractivity contribution in [3.05, 3.63) is 12.2 Å². The molecule has 1 heteroatoms. The highest BCUT2D eigenvalue weighted by Gasteiger charge is 2.59. The molecule has 0 aromatic rings. The maximum absolute atomic E-state index is 13.0. The van der Waals surface area contributed by atoms with Gasteiger partial charge in [0.05, 0.1) is 0 Å². The van der Waals surface area contributed by atoms with E-state index >= 15 is 0 Å². The molecule has 20 heavy (non-hydrogen) atoms. The number of carbonyl (C=O) groups excluding carboxylic acids is 1. The minimum Gasteiger partial charge on any atom is -0.299 e. The van der Waals surface area contributed by atoms with Crippen molar-refractivity contribution in [1.29, 1.82) is 0 Å². The van der Waals surface area contributed by atoms with Gasteiger partial charge in [-0.1, -0.05) is 38.8 Å². The fourth-order valence-corrected chi connectivity index (χ4v) is 6.62. The first-order valence-electron chi connectivity index (χ1n) is 8.75. The average Bonchev–Trinajstić information content (AvgIpc) is 2.78. The minimum absolute atomic E-state index is 0.191. The van der Waals surface area contributed by atoms with E-state index < -0.39 is 0 Å². The summed E-state index contributed by atoms with van der Waals surface area (Å²) in [5, 5.41) is 0. The van der Waals surface area contributed by atoms with Crippen LogP contribution < -0.4 is 0 Å². The predicted octanol–water partition coefficient (Wildman–Crippen LogP) is 4.76. The van der Waals surface area contributed by atoms with Crippen LogP contribution in [0.1, 0.15) is 65.2 Å². The third kappa shape index (κ3) is 1.58.